The third-order valence-corrected chi connectivity index (χ3v) is 1.90. The maximum absolute atomic E-state index is 11.3. The van der Waals surface area contributed by atoms with Crippen LogP contribution in [-0.4, -0.2) is 36.1 Å². The third-order valence-electron chi connectivity index (χ3n) is 1.90. The summed E-state index contributed by atoms with van der Waals surface area (Å²) >= 11 is 0. The highest BCUT2D eigenvalue weighted by atomic mass is 16.5. The molecular weight excluding hydrogens is 226 g/mol. The van der Waals surface area contributed by atoms with E-state index in [0.717, 1.165) is 5.57 Å². The lowest BCUT2D eigenvalue weighted by Crippen LogP contribution is -2.40. The van der Waals surface area contributed by atoms with E-state index in [1.807, 2.05) is 0 Å². The number of allylic oxidation sites excluding steroid dienone is 1. The third kappa shape index (κ3) is 7.10. The number of rotatable bonds is 6. The molecule has 0 spiro atoms. The highest BCUT2D eigenvalue weighted by Gasteiger charge is 2.20. The van der Waals surface area contributed by atoms with Gasteiger partial charge in [0.15, 0.2) is 0 Å². The Kier molecular flexibility index (Phi) is 6.62. The van der Waals surface area contributed by atoms with Crippen molar-refractivity contribution < 1.29 is 24.2 Å². The second-order valence-electron chi connectivity index (χ2n) is 3.74. The summed E-state index contributed by atoms with van der Waals surface area (Å²) in [7, 11) is 1.22. The Labute approximate surface area is 99.6 Å². The zero-order valence-electron chi connectivity index (χ0n) is 10.1. The zero-order valence-corrected chi connectivity index (χ0v) is 10.1. The van der Waals surface area contributed by atoms with Gasteiger partial charge in [-0.15, -0.1) is 0 Å². The minimum absolute atomic E-state index is 0.00431. The van der Waals surface area contributed by atoms with Crippen molar-refractivity contribution in [1.29, 1.82) is 0 Å². The number of aliphatic carboxylic acids is 1. The van der Waals surface area contributed by atoms with Crippen LogP contribution in [-0.2, 0) is 19.1 Å². The van der Waals surface area contributed by atoms with Gasteiger partial charge in [-0.25, -0.2) is 4.79 Å². The van der Waals surface area contributed by atoms with Gasteiger partial charge in [0, 0.05) is 12.5 Å². The lowest BCUT2D eigenvalue weighted by atomic mass is 10.1. The van der Waals surface area contributed by atoms with Crippen molar-refractivity contribution in [3.63, 3.8) is 0 Å². The van der Waals surface area contributed by atoms with E-state index >= 15 is 0 Å². The van der Waals surface area contributed by atoms with Crippen LogP contribution < -0.4 is 5.32 Å². The van der Waals surface area contributed by atoms with Crippen molar-refractivity contribution in [3.05, 3.63) is 11.6 Å². The molecule has 17 heavy (non-hydrogen) atoms. The Bertz CT molecular complexity index is 331. The van der Waals surface area contributed by atoms with Crippen molar-refractivity contribution in [2.45, 2.75) is 32.7 Å². The molecule has 0 aromatic carbocycles. The second-order valence-corrected chi connectivity index (χ2v) is 3.74. The number of ether oxygens (including phenoxy) is 1. The molecule has 0 aromatic rings. The number of methoxy groups -OCH3 is 1. The lowest BCUT2D eigenvalue weighted by molar-refractivity contribution is -0.143. The smallest absolute Gasteiger partial charge is 0.326 e. The van der Waals surface area contributed by atoms with Crippen molar-refractivity contribution >= 4 is 17.8 Å². The molecule has 2 N–H and O–H groups in total. The van der Waals surface area contributed by atoms with E-state index in [0.29, 0.717) is 0 Å². The van der Waals surface area contributed by atoms with Crippen LogP contribution in [0.25, 0.3) is 0 Å². The fourth-order valence-corrected chi connectivity index (χ4v) is 1.10. The molecule has 0 aliphatic carbocycles. The first-order chi connectivity index (χ1) is 7.86. The van der Waals surface area contributed by atoms with Crippen LogP contribution in [0.5, 0.6) is 0 Å². The van der Waals surface area contributed by atoms with E-state index in [9.17, 15) is 14.4 Å². The number of esters is 1. The number of carbonyl (C=O) groups excluding carboxylic acids is 2. The van der Waals surface area contributed by atoms with Crippen molar-refractivity contribution in [2.75, 3.05) is 7.11 Å². The van der Waals surface area contributed by atoms with E-state index in [4.69, 9.17) is 5.11 Å². The molecule has 0 saturated carbocycles. The molecule has 0 rings (SSSR count). The summed E-state index contributed by atoms with van der Waals surface area (Å²) in [6.45, 7) is 3.45. The molecule has 6 heteroatoms. The van der Waals surface area contributed by atoms with Crippen molar-refractivity contribution in [1.82, 2.24) is 5.32 Å². The standard InChI is InChI=1S/C11H17NO5/c1-7(2)6-9(13)12-8(11(15)16)4-5-10(14)17-3/h6,8H,4-5H2,1-3H3,(H,12,13)(H,15,16)/t8-/m0/s1. The van der Waals surface area contributed by atoms with Crippen molar-refractivity contribution in [2.24, 2.45) is 0 Å². The molecule has 96 valence electrons. The van der Waals surface area contributed by atoms with Gasteiger partial charge >= 0.3 is 11.9 Å². The molecule has 0 unspecified atom stereocenters. The predicted molar refractivity (Wildman–Crippen MR) is 60.2 cm³/mol. The number of nitrogens with one attached hydrogen (secondary N) is 1. The van der Waals surface area contributed by atoms with Crippen LogP contribution in [0.1, 0.15) is 26.7 Å². The monoisotopic (exact) mass is 243 g/mol. The molecule has 0 aromatic heterocycles. The molecule has 0 aliphatic heterocycles. The van der Waals surface area contributed by atoms with E-state index in [2.05, 4.69) is 10.1 Å². The summed E-state index contributed by atoms with van der Waals surface area (Å²) in [4.78, 5) is 33.0. The summed E-state index contributed by atoms with van der Waals surface area (Å²) in [5.41, 5.74) is 0.764. The number of carboxylic acid groups (broad SMARTS) is 1. The average Bonchev–Trinajstić information content (AvgIpc) is 2.22. The largest absolute Gasteiger partial charge is 0.480 e. The minimum Gasteiger partial charge on any atom is -0.480 e. The van der Waals surface area contributed by atoms with Crippen LogP contribution in [0.15, 0.2) is 11.6 Å². The van der Waals surface area contributed by atoms with Crippen LogP contribution in [0.3, 0.4) is 0 Å². The summed E-state index contributed by atoms with van der Waals surface area (Å²) in [5.74, 6) is -2.17. The van der Waals surface area contributed by atoms with E-state index in [1.54, 1.807) is 13.8 Å². The van der Waals surface area contributed by atoms with Gasteiger partial charge in [0.25, 0.3) is 0 Å². The number of carboxylic acids is 1. The fraction of sp³-hybridized carbons (Fsp3) is 0.545. The summed E-state index contributed by atoms with van der Waals surface area (Å²) in [6, 6.07) is -1.09. The molecule has 0 radical (unpaired) electrons. The summed E-state index contributed by atoms with van der Waals surface area (Å²) in [5, 5.41) is 11.2. The van der Waals surface area contributed by atoms with Gasteiger partial charge in [-0.3, -0.25) is 9.59 Å². The number of hydrogen-bond acceptors (Lipinski definition) is 4. The van der Waals surface area contributed by atoms with Crippen LogP contribution in [0, 0.1) is 0 Å². The van der Waals surface area contributed by atoms with Crippen LogP contribution in [0.4, 0.5) is 0 Å². The number of carbonyl (C=O) groups is 3. The molecule has 0 fully saturated rings. The quantitative estimate of drug-likeness (QED) is 0.522. The fourth-order valence-electron chi connectivity index (χ4n) is 1.10. The Balaban J connectivity index is 4.35. The van der Waals surface area contributed by atoms with E-state index < -0.39 is 23.9 Å². The zero-order chi connectivity index (χ0) is 13.4. The molecule has 0 aliphatic rings. The summed E-state index contributed by atoms with van der Waals surface area (Å²) in [6.07, 6.45) is 1.25. The normalized spacial score (nSPS) is 11.2. The van der Waals surface area contributed by atoms with Crippen LogP contribution >= 0.6 is 0 Å². The van der Waals surface area contributed by atoms with Crippen LogP contribution in [0.2, 0.25) is 0 Å². The highest BCUT2D eigenvalue weighted by molar-refractivity contribution is 5.91. The van der Waals surface area contributed by atoms with Gasteiger partial charge in [-0.1, -0.05) is 5.57 Å². The Morgan fingerprint density at radius 3 is 2.35 bits per heavy atom. The molecule has 0 saturated heterocycles. The van der Waals surface area contributed by atoms with Gasteiger partial charge in [0.2, 0.25) is 5.91 Å². The summed E-state index contributed by atoms with van der Waals surface area (Å²) < 4.78 is 4.39. The molecular formula is C11H17NO5. The first-order valence-electron chi connectivity index (χ1n) is 5.11. The van der Waals surface area contributed by atoms with Gasteiger partial charge < -0.3 is 15.2 Å². The number of hydrogen-bond donors (Lipinski definition) is 2. The van der Waals surface area contributed by atoms with E-state index in [-0.39, 0.29) is 12.8 Å². The minimum atomic E-state index is -1.18. The molecule has 1 amide bonds. The molecule has 6 nitrogen and oxygen atoms in total. The Hall–Kier alpha value is -1.85. The molecule has 1 atom stereocenters. The van der Waals surface area contributed by atoms with Gasteiger partial charge in [-0.2, -0.15) is 0 Å². The first kappa shape index (κ1) is 15.2. The van der Waals surface area contributed by atoms with Gasteiger partial charge in [-0.05, 0) is 20.3 Å². The topological polar surface area (TPSA) is 92.7 Å². The first-order valence-corrected chi connectivity index (χ1v) is 5.11. The average molecular weight is 243 g/mol. The Morgan fingerprint density at radius 2 is 1.94 bits per heavy atom. The maximum Gasteiger partial charge on any atom is 0.326 e. The number of amides is 1. The van der Waals surface area contributed by atoms with Gasteiger partial charge in [0.1, 0.15) is 6.04 Å². The molecule has 0 bridgehead atoms. The van der Waals surface area contributed by atoms with Gasteiger partial charge in [0.05, 0.1) is 7.11 Å². The second kappa shape index (κ2) is 7.43. The SMILES string of the molecule is COC(=O)CC[C@H](NC(=O)C=C(C)C)C(=O)O. The lowest BCUT2D eigenvalue weighted by Gasteiger charge is -2.12. The molecule has 0 heterocycles. The Morgan fingerprint density at radius 1 is 1.35 bits per heavy atom. The predicted octanol–water partition coefficient (Wildman–Crippen LogP) is 0.475. The van der Waals surface area contributed by atoms with Crippen molar-refractivity contribution in [3.8, 4) is 0 Å². The maximum atomic E-state index is 11.3. The highest BCUT2D eigenvalue weighted by Crippen LogP contribution is 2.00. The van der Waals surface area contributed by atoms with E-state index in [1.165, 1.54) is 13.2 Å².